The summed E-state index contributed by atoms with van der Waals surface area (Å²) in [6, 6.07) is 13.2. The molecule has 2 aromatic carbocycles. The number of carbonyl (C=O) groups is 1. The molecule has 43 heavy (non-hydrogen) atoms. The number of aromatic nitrogens is 3. The molecule has 1 amide bonds. The van der Waals surface area contributed by atoms with Gasteiger partial charge < -0.3 is 18.9 Å². The predicted octanol–water partition coefficient (Wildman–Crippen LogP) is 7.97. The van der Waals surface area contributed by atoms with Gasteiger partial charge in [0.05, 0.1) is 29.0 Å². The van der Waals surface area contributed by atoms with Gasteiger partial charge in [0.15, 0.2) is 0 Å². The molecule has 0 aliphatic heterocycles. The fraction of sp³-hybridized carbons (Fsp3) is 0.417. The molecule has 0 atom stereocenters. The minimum atomic E-state index is -0.744. The van der Waals surface area contributed by atoms with Crippen LogP contribution in [0.3, 0.4) is 0 Å². The molecular formula is C36H44N4O3. The first-order valence-corrected chi connectivity index (χ1v) is 15.0. The van der Waals surface area contributed by atoms with Gasteiger partial charge in [-0.15, -0.1) is 0 Å². The van der Waals surface area contributed by atoms with Crippen molar-refractivity contribution in [1.82, 2.24) is 20.2 Å². The Balaban J connectivity index is 1.84. The van der Waals surface area contributed by atoms with E-state index < -0.39 is 5.41 Å². The second kappa shape index (κ2) is 10.9. The Kier molecular flexibility index (Phi) is 7.66. The topological polar surface area (TPSA) is 86.1 Å². The van der Waals surface area contributed by atoms with E-state index in [0.29, 0.717) is 13.0 Å². The molecule has 226 valence electrons. The highest BCUT2D eigenvalue weighted by Crippen LogP contribution is 2.40. The number of hydrogen-bond donors (Lipinski definition) is 1. The molecule has 1 N–H and O–H groups in total. The van der Waals surface area contributed by atoms with Crippen molar-refractivity contribution in [2.75, 3.05) is 0 Å². The van der Waals surface area contributed by atoms with E-state index in [9.17, 15) is 4.79 Å². The molecule has 5 rings (SSSR count). The highest BCUT2D eigenvalue weighted by molar-refractivity contribution is 5.95. The van der Waals surface area contributed by atoms with Gasteiger partial charge in [-0.1, -0.05) is 33.6 Å². The summed E-state index contributed by atoms with van der Waals surface area (Å²) in [5.74, 6) is 1.63. The van der Waals surface area contributed by atoms with Crippen molar-refractivity contribution in [3.63, 3.8) is 0 Å². The lowest BCUT2D eigenvalue weighted by Crippen LogP contribution is -2.48. The van der Waals surface area contributed by atoms with E-state index in [1.807, 2.05) is 62.3 Å². The van der Waals surface area contributed by atoms with E-state index in [1.54, 1.807) is 0 Å². The van der Waals surface area contributed by atoms with Crippen LogP contribution in [-0.2, 0) is 23.2 Å². The van der Waals surface area contributed by atoms with Gasteiger partial charge in [0, 0.05) is 34.0 Å². The summed E-state index contributed by atoms with van der Waals surface area (Å²) < 4.78 is 13.6. The second-order valence-electron chi connectivity index (χ2n) is 13.6. The van der Waals surface area contributed by atoms with E-state index in [2.05, 4.69) is 70.4 Å². The van der Waals surface area contributed by atoms with Gasteiger partial charge in [-0.05, 0) is 117 Å². The maximum absolute atomic E-state index is 13.5. The third-order valence-electron chi connectivity index (χ3n) is 8.47. The number of nitrogens with zero attached hydrogens (tertiary/aromatic N) is 3. The zero-order valence-electron chi connectivity index (χ0n) is 27.4. The number of benzene rings is 2. The average Bonchev–Trinajstić information content (AvgIpc) is 3.51. The van der Waals surface area contributed by atoms with Gasteiger partial charge in [-0.3, -0.25) is 4.79 Å². The molecule has 7 heteroatoms. The van der Waals surface area contributed by atoms with Crippen molar-refractivity contribution < 1.29 is 13.8 Å². The average molecular weight is 581 g/mol. The monoisotopic (exact) mass is 580 g/mol. The SMILES string of the molecule is Cc1cc(C)cc(-c2c(Cc3c(C)noc3C)c3cc(C(C)(C)C(=O)NC(C)(C)C)ccc3n2Cc2c(C)noc2C)c1. The normalized spacial score (nSPS) is 12.3. The number of nitrogens with one attached hydrogen (secondary N) is 1. The third kappa shape index (κ3) is 5.77. The Hall–Kier alpha value is -4.13. The summed E-state index contributed by atoms with van der Waals surface area (Å²) in [4.78, 5) is 13.5. The van der Waals surface area contributed by atoms with Crippen molar-refractivity contribution in [3.8, 4) is 11.3 Å². The lowest BCUT2D eigenvalue weighted by atomic mass is 9.82. The molecule has 0 aliphatic rings. The summed E-state index contributed by atoms with van der Waals surface area (Å²) in [7, 11) is 0. The lowest BCUT2D eigenvalue weighted by molar-refractivity contribution is -0.127. The number of fused-ring (bicyclic) bond motifs is 1. The standard InChI is InChI=1S/C36H44N4O3/c1-20-14-21(2)16-26(15-20)33-30(18-28-22(3)38-42-24(28)5)29-17-27(36(10,11)34(41)37-35(7,8)9)12-13-32(29)40(33)19-31-23(4)39-43-25(31)6/h12-17H,18-19H2,1-11H3,(H,37,41). The number of hydrogen-bond acceptors (Lipinski definition) is 5. The second-order valence-corrected chi connectivity index (χ2v) is 13.6. The molecule has 0 saturated carbocycles. The molecule has 0 bridgehead atoms. The Bertz CT molecular complexity index is 1780. The molecule has 0 fully saturated rings. The summed E-state index contributed by atoms with van der Waals surface area (Å²) in [6.45, 7) is 22.8. The quantitative estimate of drug-likeness (QED) is 0.211. The Labute approximate surface area is 254 Å². The third-order valence-corrected chi connectivity index (χ3v) is 8.47. The van der Waals surface area contributed by atoms with Crippen LogP contribution in [0.2, 0.25) is 0 Å². The fourth-order valence-electron chi connectivity index (χ4n) is 6.04. The van der Waals surface area contributed by atoms with E-state index >= 15 is 0 Å². The molecule has 5 aromatic rings. The van der Waals surface area contributed by atoms with E-state index in [-0.39, 0.29) is 11.4 Å². The van der Waals surface area contributed by atoms with Crippen molar-refractivity contribution in [2.45, 2.75) is 100 Å². The lowest BCUT2D eigenvalue weighted by Gasteiger charge is -2.30. The van der Waals surface area contributed by atoms with Crippen LogP contribution < -0.4 is 5.32 Å². The highest BCUT2D eigenvalue weighted by Gasteiger charge is 2.33. The zero-order valence-corrected chi connectivity index (χ0v) is 27.4. The number of rotatable bonds is 7. The molecule has 0 aliphatic carbocycles. The Morgan fingerprint density at radius 3 is 1.91 bits per heavy atom. The van der Waals surface area contributed by atoms with Crippen LogP contribution in [0, 0.1) is 41.5 Å². The highest BCUT2D eigenvalue weighted by atomic mass is 16.5. The molecule has 7 nitrogen and oxygen atoms in total. The van der Waals surface area contributed by atoms with Crippen LogP contribution in [0.25, 0.3) is 22.2 Å². The summed E-state index contributed by atoms with van der Waals surface area (Å²) in [6.07, 6.45) is 0.645. The molecule has 0 saturated heterocycles. The summed E-state index contributed by atoms with van der Waals surface area (Å²) in [5.41, 5.74) is 10.8. The number of aryl methyl sites for hydroxylation is 6. The molecule has 0 radical (unpaired) electrons. The van der Waals surface area contributed by atoms with Crippen molar-refractivity contribution in [3.05, 3.63) is 92.7 Å². The van der Waals surface area contributed by atoms with E-state index in [4.69, 9.17) is 9.05 Å². The molecule has 0 spiro atoms. The maximum atomic E-state index is 13.5. The molecule has 3 aromatic heterocycles. The molecular weight excluding hydrogens is 536 g/mol. The van der Waals surface area contributed by atoms with Crippen LogP contribution in [0.15, 0.2) is 45.4 Å². The van der Waals surface area contributed by atoms with Crippen LogP contribution in [-0.4, -0.2) is 26.3 Å². The smallest absolute Gasteiger partial charge is 0.230 e. The van der Waals surface area contributed by atoms with Gasteiger partial charge in [-0.2, -0.15) is 0 Å². The van der Waals surface area contributed by atoms with Gasteiger partial charge in [0.25, 0.3) is 0 Å². The first kappa shape index (κ1) is 30.3. The van der Waals surface area contributed by atoms with Crippen LogP contribution in [0.4, 0.5) is 0 Å². The minimum Gasteiger partial charge on any atom is -0.361 e. The Morgan fingerprint density at radius 1 is 0.791 bits per heavy atom. The first-order valence-electron chi connectivity index (χ1n) is 15.0. The predicted molar refractivity (Wildman–Crippen MR) is 172 cm³/mol. The zero-order chi connectivity index (χ0) is 31.4. The largest absolute Gasteiger partial charge is 0.361 e. The maximum Gasteiger partial charge on any atom is 0.230 e. The molecule has 3 heterocycles. The van der Waals surface area contributed by atoms with Crippen LogP contribution in [0.5, 0.6) is 0 Å². The minimum absolute atomic E-state index is 0.00342. The van der Waals surface area contributed by atoms with Gasteiger partial charge in [0.2, 0.25) is 5.91 Å². The fourth-order valence-corrected chi connectivity index (χ4v) is 6.04. The van der Waals surface area contributed by atoms with Crippen LogP contribution in [0.1, 0.15) is 90.9 Å². The number of carbonyl (C=O) groups excluding carboxylic acids is 1. The van der Waals surface area contributed by atoms with Gasteiger partial charge >= 0.3 is 0 Å². The Morgan fingerprint density at radius 2 is 1.37 bits per heavy atom. The summed E-state index contributed by atoms with van der Waals surface area (Å²) >= 11 is 0. The van der Waals surface area contributed by atoms with Crippen molar-refractivity contribution in [2.24, 2.45) is 0 Å². The number of amides is 1. The molecule has 0 unspecified atom stereocenters. The first-order chi connectivity index (χ1) is 20.1. The summed E-state index contributed by atoms with van der Waals surface area (Å²) in [5, 5.41) is 12.8. The van der Waals surface area contributed by atoms with Crippen molar-refractivity contribution in [1.29, 1.82) is 0 Å². The van der Waals surface area contributed by atoms with Gasteiger partial charge in [-0.25, -0.2) is 0 Å². The van der Waals surface area contributed by atoms with Crippen molar-refractivity contribution >= 4 is 16.8 Å². The van der Waals surface area contributed by atoms with Gasteiger partial charge in [0.1, 0.15) is 11.5 Å². The van der Waals surface area contributed by atoms with E-state index in [0.717, 1.165) is 61.8 Å². The van der Waals surface area contributed by atoms with Crippen LogP contribution >= 0.6 is 0 Å². The van der Waals surface area contributed by atoms with E-state index in [1.165, 1.54) is 16.7 Å².